The van der Waals surface area contributed by atoms with Crippen molar-refractivity contribution in [1.82, 2.24) is 15.2 Å². The van der Waals surface area contributed by atoms with Crippen LogP contribution in [-0.2, 0) is 15.4 Å². The number of hydrogen-bond donors (Lipinski definition) is 3. The highest BCUT2D eigenvalue weighted by molar-refractivity contribution is 7.93. The lowest BCUT2D eigenvalue weighted by molar-refractivity contribution is 0.567. The molecule has 0 saturated carbocycles. The highest BCUT2D eigenvalue weighted by Gasteiger charge is 2.17. The number of aromatic amines is 1. The van der Waals surface area contributed by atoms with Crippen LogP contribution in [0, 0.1) is 0 Å². The van der Waals surface area contributed by atoms with Crippen LogP contribution in [0.1, 0.15) is 26.5 Å². The lowest BCUT2D eigenvalue weighted by Crippen LogP contribution is -2.12. The molecule has 0 aliphatic rings. The first-order valence-electron chi connectivity index (χ1n) is 7.59. The predicted octanol–water partition coefficient (Wildman–Crippen LogP) is 3.71. The summed E-state index contributed by atoms with van der Waals surface area (Å²) in [5.41, 5.74) is 1.74. The van der Waals surface area contributed by atoms with Crippen molar-refractivity contribution in [3.8, 4) is 0 Å². The van der Waals surface area contributed by atoms with E-state index in [2.05, 4.69) is 46.0 Å². The lowest BCUT2D eigenvalue weighted by Gasteiger charge is -2.14. The van der Waals surface area contributed by atoms with Gasteiger partial charge in [-0.15, -0.1) is 11.3 Å². The van der Waals surface area contributed by atoms with Crippen molar-refractivity contribution in [2.45, 2.75) is 31.1 Å². The second-order valence-corrected chi connectivity index (χ2v) is 9.09. The van der Waals surface area contributed by atoms with Gasteiger partial charge in [-0.1, -0.05) is 20.8 Å². The number of rotatable bonds is 5. The second-order valence-electron chi connectivity index (χ2n) is 6.51. The molecule has 0 amide bonds. The molecule has 3 aromatic rings. The maximum absolute atomic E-state index is 12.3. The molecule has 0 atom stereocenters. The first kappa shape index (κ1) is 17.4. The van der Waals surface area contributed by atoms with Gasteiger partial charge in [-0.2, -0.15) is 5.10 Å². The molecule has 1 aromatic carbocycles. The highest BCUT2D eigenvalue weighted by atomic mass is 32.2. The standard InChI is InChI=1S/C16H19N5O2S2/c1-16(2,3)13-10-14(20-19-13)18-11-4-6-12(7-5-11)25(22,23)21-15-17-8-9-24-15/h4-10H,1-3H3,(H,17,21)(H2,18,19,20). The van der Waals surface area contributed by atoms with Crippen molar-refractivity contribution in [3.63, 3.8) is 0 Å². The van der Waals surface area contributed by atoms with Crippen LogP contribution in [0.25, 0.3) is 0 Å². The van der Waals surface area contributed by atoms with E-state index in [-0.39, 0.29) is 10.3 Å². The Bertz CT molecular complexity index is 939. The van der Waals surface area contributed by atoms with Crippen molar-refractivity contribution >= 4 is 38.0 Å². The molecular weight excluding hydrogens is 358 g/mol. The molecule has 0 aliphatic heterocycles. The zero-order valence-corrected chi connectivity index (χ0v) is 15.7. The molecule has 0 radical (unpaired) electrons. The quantitative estimate of drug-likeness (QED) is 0.629. The molecule has 132 valence electrons. The third-order valence-corrected chi connectivity index (χ3v) is 5.65. The monoisotopic (exact) mass is 377 g/mol. The SMILES string of the molecule is CC(C)(C)c1cc(Nc2ccc(S(=O)(=O)Nc3nccs3)cc2)n[nH]1. The van der Waals surface area contributed by atoms with Crippen LogP contribution in [0.3, 0.4) is 0 Å². The Morgan fingerprint density at radius 3 is 2.44 bits per heavy atom. The molecule has 0 aliphatic carbocycles. The molecule has 3 rings (SSSR count). The lowest BCUT2D eigenvalue weighted by atomic mass is 9.92. The maximum Gasteiger partial charge on any atom is 0.263 e. The summed E-state index contributed by atoms with van der Waals surface area (Å²) in [5.74, 6) is 0.682. The zero-order valence-electron chi connectivity index (χ0n) is 14.1. The van der Waals surface area contributed by atoms with Gasteiger partial charge in [0.2, 0.25) is 0 Å². The van der Waals surface area contributed by atoms with E-state index in [1.807, 2.05) is 6.07 Å². The minimum atomic E-state index is -3.64. The fraction of sp³-hybridized carbons (Fsp3) is 0.250. The van der Waals surface area contributed by atoms with Gasteiger partial charge in [0.1, 0.15) is 0 Å². The van der Waals surface area contributed by atoms with E-state index in [1.54, 1.807) is 23.7 Å². The molecule has 0 unspecified atom stereocenters. The molecule has 3 N–H and O–H groups in total. The molecule has 0 bridgehead atoms. The summed E-state index contributed by atoms with van der Waals surface area (Å²) >= 11 is 1.23. The summed E-state index contributed by atoms with van der Waals surface area (Å²) in [6, 6.07) is 8.41. The average molecular weight is 377 g/mol. The fourth-order valence-corrected chi connectivity index (χ4v) is 3.87. The summed E-state index contributed by atoms with van der Waals surface area (Å²) in [7, 11) is -3.64. The zero-order chi connectivity index (χ0) is 18.1. The Kier molecular flexibility index (Phi) is 4.53. The van der Waals surface area contributed by atoms with E-state index in [9.17, 15) is 8.42 Å². The van der Waals surface area contributed by atoms with Gasteiger partial charge in [-0.25, -0.2) is 13.4 Å². The summed E-state index contributed by atoms with van der Waals surface area (Å²) in [6.45, 7) is 6.29. The molecule has 7 nitrogen and oxygen atoms in total. The molecular formula is C16H19N5O2S2. The Morgan fingerprint density at radius 1 is 1.16 bits per heavy atom. The number of aromatic nitrogens is 3. The van der Waals surface area contributed by atoms with E-state index >= 15 is 0 Å². The number of benzene rings is 1. The number of H-pyrrole nitrogens is 1. The predicted molar refractivity (Wildman–Crippen MR) is 99.9 cm³/mol. The molecule has 0 saturated heterocycles. The van der Waals surface area contributed by atoms with Crippen LogP contribution in [0.5, 0.6) is 0 Å². The van der Waals surface area contributed by atoms with Crippen molar-refractivity contribution < 1.29 is 8.42 Å². The molecule has 2 heterocycles. The number of thiazole rings is 1. The van der Waals surface area contributed by atoms with E-state index in [1.165, 1.54) is 23.5 Å². The average Bonchev–Trinajstić information content (AvgIpc) is 3.18. The Balaban J connectivity index is 1.73. The fourth-order valence-electron chi connectivity index (χ4n) is 2.08. The maximum atomic E-state index is 12.3. The Morgan fingerprint density at radius 2 is 1.88 bits per heavy atom. The Labute approximate surface area is 150 Å². The van der Waals surface area contributed by atoms with Crippen molar-refractivity contribution in [1.29, 1.82) is 0 Å². The number of anilines is 3. The third kappa shape index (κ3) is 4.18. The topological polar surface area (TPSA) is 99.8 Å². The van der Waals surface area contributed by atoms with Gasteiger partial charge in [0.25, 0.3) is 10.0 Å². The van der Waals surface area contributed by atoms with Crippen molar-refractivity contribution in [2.75, 3.05) is 10.0 Å². The normalized spacial score (nSPS) is 12.1. The molecule has 9 heteroatoms. The van der Waals surface area contributed by atoms with E-state index < -0.39 is 10.0 Å². The molecule has 2 aromatic heterocycles. The van der Waals surface area contributed by atoms with E-state index in [4.69, 9.17) is 0 Å². The minimum absolute atomic E-state index is 0.0215. The molecule has 0 fully saturated rings. The smallest absolute Gasteiger partial charge is 0.263 e. The first-order valence-corrected chi connectivity index (χ1v) is 9.96. The summed E-state index contributed by atoms with van der Waals surface area (Å²) in [4.78, 5) is 4.10. The summed E-state index contributed by atoms with van der Waals surface area (Å²) in [6.07, 6.45) is 1.55. The van der Waals surface area contributed by atoms with Gasteiger partial charge in [0.05, 0.1) is 4.90 Å². The third-order valence-electron chi connectivity index (χ3n) is 3.48. The van der Waals surface area contributed by atoms with Gasteiger partial charge in [-0.3, -0.25) is 9.82 Å². The number of nitrogens with one attached hydrogen (secondary N) is 3. The molecule has 0 spiro atoms. The van der Waals surface area contributed by atoms with Gasteiger partial charge >= 0.3 is 0 Å². The van der Waals surface area contributed by atoms with Crippen LogP contribution in [0.2, 0.25) is 0 Å². The van der Waals surface area contributed by atoms with Crippen molar-refractivity contribution in [3.05, 3.63) is 47.6 Å². The minimum Gasteiger partial charge on any atom is -0.339 e. The van der Waals surface area contributed by atoms with E-state index in [0.717, 1.165) is 11.4 Å². The van der Waals surface area contributed by atoms with Crippen LogP contribution in [-0.4, -0.2) is 23.6 Å². The largest absolute Gasteiger partial charge is 0.339 e. The first-order chi connectivity index (χ1) is 11.7. The van der Waals surface area contributed by atoms with Gasteiger partial charge in [0.15, 0.2) is 10.9 Å². The van der Waals surface area contributed by atoms with Crippen LogP contribution < -0.4 is 10.0 Å². The number of hydrogen-bond acceptors (Lipinski definition) is 6. The van der Waals surface area contributed by atoms with Gasteiger partial charge in [-0.05, 0) is 24.3 Å². The molecule has 25 heavy (non-hydrogen) atoms. The number of sulfonamides is 1. The second kappa shape index (κ2) is 6.49. The van der Waals surface area contributed by atoms with Crippen LogP contribution in [0.4, 0.5) is 16.6 Å². The van der Waals surface area contributed by atoms with Gasteiger partial charge < -0.3 is 5.32 Å². The Hall–Kier alpha value is -2.39. The van der Waals surface area contributed by atoms with Crippen LogP contribution in [0.15, 0.2) is 46.8 Å². The summed E-state index contributed by atoms with van der Waals surface area (Å²) in [5, 5.41) is 12.4. The summed E-state index contributed by atoms with van der Waals surface area (Å²) < 4.78 is 27.0. The number of nitrogens with zero attached hydrogens (tertiary/aromatic N) is 2. The van der Waals surface area contributed by atoms with Crippen LogP contribution >= 0.6 is 11.3 Å². The van der Waals surface area contributed by atoms with E-state index in [0.29, 0.717) is 10.9 Å². The highest BCUT2D eigenvalue weighted by Crippen LogP contribution is 2.25. The van der Waals surface area contributed by atoms with Gasteiger partial charge in [0, 0.05) is 34.4 Å². The van der Waals surface area contributed by atoms with Crippen molar-refractivity contribution in [2.24, 2.45) is 0 Å².